The van der Waals surface area contributed by atoms with E-state index >= 15 is 0 Å². The average molecular weight is 380 g/mol. The number of para-hydroxylation sites is 2. The molecule has 0 spiro atoms. The van der Waals surface area contributed by atoms with Crippen molar-refractivity contribution >= 4 is 23.0 Å². The molecule has 0 aliphatic carbocycles. The van der Waals surface area contributed by atoms with Crippen molar-refractivity contribution in [3.8, 4) is 0 Å². The van der Waals surface area contributed by atoms with E-state index in [0.29, 0.717) is 11.9 Å². The number of aromatic nitrogens is 1. The first kappa shape index (κ1) is 17.7. The maximum Gasteiger partial charge on any atom is 0.298 e. The van der Waals surface area contributed by atoms with Crippen LogP contribution in [0.4, 0.5) is 6.01 Å². The number of likely N-dealkylation sites (tertiary alicyclic amines) is 1. The number of hydrogen-bond donors (Lipinski definition) is 0. The molecule has 0 N–H and O–H groups in total. The number of carbonyl (C=O) groups is 1. The Balaban J connectivity index is 1.18. The summed E-state index contributed by atoms with van der Waals surface area (Å²) in [7, 11) is 0. The molecule has 5 rings (SSSR count). The summed E-state index contributed by atoms with van der Waals surface area (Å²) in [5.74, 6) is 0.516. The topological polar surface area (TPSA) is 52.8 Å². The number of rotatable bonds is 3. The van der Waals surface area contributed by atoms with Gasteiger partial charge >= 0.3 is 0 Å². The Hall–Kier alpha value is -2.34. The molecule has 0 unspecified atom stereocenters. The lowest BCUT2D eigenvalue weighted by Crippen LogP contribution is -2.51. The standard InChI is InChI=1S/C22H28N4O2/c27-21(24-11-3-4-12-24)17-6-5-13-26(16-17)18-9-14-25(15-10-18)22-23-19-7-1-2-8-20(19)28-22/h1-4,7-8,17-18H,5-6,9-16H2/t17-/m1/s1. The fraction of sp³-hybridized carbons (Fsp3) is 0.545. The summed E-state index contributed by atoms with van der Waals surface area (Å²) in [6, 6.07) is 9.25. The van der Waals surface area contributed by atoms with Gasteiger partial charge in [-0.2, -0.15) is 4.98 Å². The Morgan fingerprint density at radius 3 is 2.61 bits per heavy atom. The van der Waals surface area contributed by atoms with Crippen LogP contribution in [0.25, 0.3) is 11.1 Å². The van der Waals surface area contributed by atoms with Crippen LogP contribution in [-0.4, -0.2) is 66.0 Å². The molecule has 2 saturated heterocycles. The normalized spacial score (nSPS) is 24.4. The molecule has 6 nitrogen and oxygen atoms in total. The van der Waals surface area contributed by atoms with Gasteiger partial charge in [-0.25, -0.2) is 0 Å². The molecule has 0 saturated carbocycles. The zero-order chi connectivity index (χ0) is 18.9. The number of hydrogen-bond acceptors (Lipinski definition) is 5. The molecule has 0 radical (unpaired) electrons. The molecule has 4 heterocycles. The number of piperidine rings is 2. The summed E-state index contributed by atoms with van der Waals surface area (Å²) < 4.78 is 5.94. The summed E-state index contributed by atoms with van der Waals surface area (Å²) in [5.41, 5.74) is 1.78. The molecule has 1 aromatic carbocycles. The van der Waals surface area contributed by atoms with Crippen LogP contribution in [0.3, 0.4) is 0 Å². The zero-order valence-corrected chi connectivity index (χ0v) is 16.3. The Bertz CT molecular complexity index is 827. The van der Waals surface area contributed by atoms with Crippen LogP contribution in [0, 0.1) is 5.92 Å². The fourth-order valence-electron chi connectivity index (χ4n) is 4.87. The molecule has 148 valence electrons. The van der Waals surface area contributed by atoms with Crippen molar-refractivity contribution in [2.24, 2.45) is 5.92 Å². The van der Waals surface area contributed by atoms with E-state index in [1.54, 1.807) is 0 Å². The van der Waals surface area contributed by atoms with Crippen molar-refractivity contribution in [3.63, 3.8) is 0 Å². The maximum absolute atomic E-state index is 12.8. The maximum atomic E-state index is 12.8. The number of amides is 1. The molecule has 3 aliphatic rings. The van der Waals surface area contributed by atoms with Crippen molar-refractivity contribution in [2.75, 3.05) is 44.2 Å². The lowest BCUT2D eigenvalue weighted by molar-refractivity contribution is -0.136. The van der Waals surface area contributed by atoms with Crippen molar-refractivity contribution in [2.45, 2.75) is 31.7 Å². The van der Waals surface area contributed by atoms with Gasteiger partial charge in [0.15, 0.2) is 5.58 Å². The third-order valence-corrected chi connectivity index (χ3v) is 6.47. The number of carbonyl (C=O) groups excluding carboxylic acids is 1. The third kappa shape index (κ3) is 3.41. The Morgan fingerprint density at radius 2 is 1.82 bits per heavy atom. The summed E-state index contributed by atoms with van der Waals surface area (Å²) in [6.45, 7) is 5.54. The summed E-state index contributed by atoms with van der Waals surface area (Å²) >= 11 is 0. The molecule has 6 heteroatoms. The Labute approximate surface area is 165 Å². The third-order valence-electron chi connectivity index (χ3n) is 6.47. The van der Waals surface area contributed by atoms with E-state index in [1.807, 2.05) is 29.2 Å². The lowest BCUT2D eigenvalue weighted by atomic mass is 9.93. The van der Waals surface area contributed by atoms with E-state index in [9.17, 15) is 4.79 Å². The second kappa shape index (κ2) is 7.59. The smallest absolute Gasteiger partial charge is 0.298 e. The van der Waals surface area contributed by atoms with Crippen molar-refractivity contribution in [3.05, 3.63) is 36.4 Å². The van der Waals surface area contributed by atoms with E-state index in [1.165, 1.54) is 0 Å². The van der Waals surface area contributed by atoms with Crippen LogP contribution >= 0.6 is 0 Å². The quantitative estimate of drug-likeness (QED) is 0.767. The van der Waals surface area contributed by atoms with Crippen LogP contribution in [0.1, 0.15) is 25.7 Å². The van der Waals surface area contributed by atoms with Gasteiger partial charge in [-0.3, -0.25) is 9.69 Å². The second-order valence-electron chi connectivity index (χ2n) is 8.23. The van der Waals surface area contributed by atoms with E-state index in [2.05, 4.69) is 26.9 Å². The van der Waals surface area contributed by atoms with Crippen LogP contribution in [0.2, 0.25) is 0 Å². The second-order valence-corrected chi connectivity index (χ2v) is 8.23. The van der Waals surface area contributed by atoms with Crippen LogP contribution < -0.4 is 4.90 Å². The van der Waals surface area contributed by atoms with E-state index < -0.39 is 0 Å². The van der Waals surface area contributed by atoms with Crippen LogP contribution in [0.15, 0.2) is 40.8 Å². The minimum Gasteiger partial charge on any atom is -0.423 e. The highest BCUT2D eigenvalue weighted by Gasteiger charge is 2.34. The average Bonchev–Trinajstić information content (AvgIpc) is 3.43. The van der Waals surface area contributed by atoms with Gasteiger partial charge in [0.1, 0.15) is 5.52 Å². The van der Waals surface area contributed by atoms with Crippen LogP contribution in [-0.2, 0) is 4.79 Å². The van der Waals surface area contributed by atoms with Crippen molar-refractivity contribution in [1.29, 1.82) is 0 Å². The first-order valence-electron chi connectivity index (χ1n) is 10.6. The summed E-state index contributed by atoms with van der Waals surface area (Å²) in [5, 5.41) is 0. The van der Waals surface area contributed by atoms with E-state index in [0.717, 1.165) is 82.1 Å². The predicted molar refractivity (Wildman–Crippen MR) is 109 cm³/mol. The van der Waals surface area contributed by atoms with Gasteiger partial charge in [-0.05, 0) is 44.4 Å². The summed E-state index contributed by atoms with van der Waals surface area (Å²) in [4.78, 5) is 24.2. The molecular formula is C22H28N4O2. The highest BCUT2D eigenvalue weighted by atomic mass is 16.4. The van der Waals surface area contributed by atoms with Crippen LogP contribution in [0.5, 0.6) is 0 Å². The fourth-order valence-corrected chi connectivity index (χ4v) is 4.87. The first-order valence-corrected chi connectivity index (χ1v) is 10.6. The molecule has 28 heavy (non-hydrogen) atoms. The monoisotopic (exact) mass is 380 g/mol. The van der Waals surface area contributed by atoms with Gasteiger partial charge in [0.25, 0.3) is 6.01 Å². The minimum atomic E-state index is 0.170. The number of anilines is 1. The first-order chi connectivity index (χ1) is 13.8. The largest absolute Gasteiger partial charge is 0.423 e. The number of oxazole rings is 1. The highest BCUT2D eigenvalue weighted by molar-refractivity contribution is 5.80. The molecule has 1 amide bonds. The Morgan fingerprint density at radius 1 is 1.04 bits per heavy atom. The molecule has 1 aromatic heterocycles. The van der Waals surface area contributed by atoms with Gasteiger partial charge in [-0.1, -0.05) is 24.3 Å². The van der Waals surface area contributed by atoms with Gasteiger partial charge < -0.3 is 14.2 Å². The molecule has 1 atom stereocenters. The number of fused-ring (bicyclic) bond motifs is 1. The number of nitrogens with zero attached hydrogens (tertiary/aromatic N) is 4. The minimum absolute atomic E-state index is 0.170. The SMILES string of the molecule is O=C([C@@H]1CCCN(C2CCN(c3nc4ccccc4o3)CC2)C1)N1CC=CC1. The van der Waals surface area contributed by atoms with E-state index in [-0.39, 0.29) is 5.92 Å². The Kier molecular flexibility index (Phi) is 4.81. The molecule has 3 aliphatic heterocycles. The van der Waals surface area contributed by atoms with Gasteiger partial charge in [0.2, 0.25) is 5.91 Å². The van der Waals surface area contributed by atoms with Gasteiger partial charge in [-0.15, -0.1) is 0 Å². The van der Waals surface area contributed by atoms with Crippen molar-refractivity contribution < 1.29 is 9.21 Å². The van der Waals surface area contributed by atoms with Crippen molar-refractivity contribution in [1.82, 2.24) is 14.8 Å². The number of benzene rings is 1. The molecular weight excluding hydrogens is 352 g/mol. The summed E-state index contributed by atoms with van der Waals surface area (Å²) in [6.07, 6.45) is 8.56. The van der Waals surface area contributed by atoms with Gasteiger partial charge in [0, 0.05) is 38.8 Å². The van der Waals surface area contributed by atoms with E-state index in [4.69, 9.17) is 4.42 Å². The highest BCUT2D eigenvalue weighted by Crippen LogP contribution is 2.28. The molecule has 0 bridgehead atoms. The molecule has 2 fully saturated rings. The predicted octanol–water partition coefficient (Wildman–Crippen LogP) is 2.91. The van der Waals surface area contributed by atoms with Gasteiger partial charge in [0.05, 0.1) is 5.92 Å². The lowest BCUT2D eigenvalue weighted by Gasteiger charge is -2.42. The zero-order valence-electron chi connectivity index (χ0n) is 16.3. The molecule has 2 aromatic rings.